The normalized spacial score (nSPS) is 12.0. The molecule has 0 bridgehead atoms. The Balaban J connectivity index is 2.05. The second-order valence-electron chi connectivity index (χ2n) is 7.70. The van der Waals surface area contributed by atoms with Crippen molar-refractivity contribution in [2.45, 2.75) is 39.1 Å². The van der Waals surface area contributed by atoms with Crippen LogP contribution in [-0.4, -0.2) is 35.1 Å². The Hall–Kier alpha value is -1.40. The van der Waals surface area contributed by atoms with Gasteiger partial charge >= 0.3 is 0 Å². The van der Waals surface area contributed by atoms with Gasteiger partial charge in [0.2, 0.25) is 11.8 Å². The minimum atomic E-state index is -0.590. The van der Waals surface area contributed by atoms with Gasteiger partial charge in [0.1, 0.15) is 6.04 Å². The van der Waals surface area contributed by atoms with E-state index in [4.69, 9.17) is 34.8 Å². The fourth-order valence-corrected chi connectivity index (χ4v) is 4.09. The van der Waals surface area contributed by atoms with Crippen LogP contribution in [0.4, 0.5) is 0 Å². The van der Waals surface area contributed by atoms with Crippen LogP contribution in [0.15, 0.2) is 42.5 Å². The number of benzene rings is 2. The lowest BCUT2D eigenvalue weighted by Gasteiger charge is -2.29. The van der Waals surface area contributed by atoms with Crippen LogP contribution in [-0.2, 0) is 21.9 Å². The van der Waals surface area contributed by atoms with E-state index in [1.165, 1.54) is 11.8 Å². The molecule has 0 saturated heterocycles. The maximum Gasteiger partial charge on any atom is 0.242 e. The molecule has 0 saturated carbocycles. The summed E-state index contributed by atoms with van der Waals surface area (Å²) >= 11 is 19.5. The summed E-state index contributed by atoms with van der Waals surface area (Å²) in [5.41, 5.74) is 1.90. The topological polar surface area (TPSA) is 49.4 Å². The Labute approximate surface area is 203 Å². The van der Waals surface area contributed by atoms with E-state index in [0.717, 1.165) is 11.1 Å². The summed E-state index contributed by atoms with van der Waals surface area (Å²) in [6, 6.07) is 12.1. The minimum Gasteiger partial charge on any atom is -0.354 e. The van der Waals surface area contributed by atoms with Gasteiger partial charge in [0.05, 0.1) is 15.8 Å². The van der Waals surface area contributed by atoms with Gasteiger partial charge in [-0.1, -0.05) is 66.8 Å². The maximum atomic E-state index is 13.1. The monoisotopic (exact) mass is 500 g/mol. The molecule has 2 aromatic carbocycles. The number of rotatable bonds is 10. The highest BCUT2D eigenvalue weighted by molar-refractivity contribution is 7.99. The molecule has 4 nitrogen and oxygen atoms in total. The zero-order valence-electron chi connectivity index (χ0n) is 17.8. The highest BCUT2D eigenvalue weighted by Crippen LogP contribution is 2.25. The lowest BCUT2D eigenvalue weighted by Crippen LogP contribution is -2.48. The molecule has 0 heterocycles. The molecule has 0 aromatic heterocycles. The predicted octanol–water partition coefficient (Wildman–Crippen LogP) is 6.07. The van der Waals surface area contributed by atoms with Gasteiger partial charge in [-0.15, -0.1) is 11.8 Å². The molecule has 0 fully saturated rings. The molecule has 2 rings (SSSR count). The first-order chi connectivity index (χ1) is 14.7. The molecule has 168 valence electrons. The van der Waals surface area contributed by atoms with E-state index >= 15 is 0 Å². The van der Waals surface area contributed by atoms with Crippen LogP contribution in [0.25, 0.3) is 0 Å². The van der Waals surface area contributed by atoms with Gasteiger partial charge in [-0.2, -0.15) is 0 Å². The molecule has 8 heteroatoms. The second-order valence-corrected chi connectivity index (χ2v) is 9.94. The fraction of sp³-hybridized carbons (Fsp3) is 0.391. The van der Waals surface area contributed by atoms with Gasteiger partial charge in [0.25, 0.3) is 0 Å². The number of carbonyl (C=O) groups excluding carboxylic acids is 2. The smallest absolute Gasteiger partial charge is 0.242 e. The van der Waals surface area contributed by atoms with Crippen LogP contribution < -0.4 is 5.32 Å². The molecule has 0 radical (unpaired) electrons. The molecule has 31 heavy (non-hydrogen) atoms. The molecular formula is C23H27Cl3N2O2S. The summed E-state index contributed by atoms with van der Waals surface area (Å²) in [4.78, 5) is 27.3. The van der Waals surface area contributed by atoms with Crippen LogP contribution in [0.2, 0.25) is 15.1 Å². The van der Waals surface area contributed by atoms with Gasteiger partial charge in [-0.05, 0) is 48.2 Å². The summed E-state index contributed by atoms with van der Waals surface area (Å²) in [5.74, 6) is 0.928. The predicted molar refractivity (Wildman–Crippen MR) is 132 cm³/mol. The third kappa shape index (κ3) is 8.57. The zero-order chi connectivity index (χ0) is 23.0. The first kappa shape index (κ1) is 25.9. The molecule has 0 unspecified atom stereocenters. The average Bonchev–Trinajstić information content (AvgIpc) is 2.73. The molecule has 1 atom stereocenters. The number of nitrogens with zero attached hydrogens (tertiary/aromatic N) is 1. The van der Waals surface area contributed by atoms with Crippen molar-refractivity contribution in [3.63, 3.8) is 0 Å². The van der Waals surface area contributed by atoms with E-state index < -0.39 is 6.04 Å². The van der Waals surface area contributed by atoms with Gasteiger partial charge in [0.15, 0.2) is 0 Å². The summed E-state index contributed by atoms with van der Waals surface area (Å²) < 4.78 is 0. The first-order valence-electron chi connectivity index (χ1n) is 10.0. The minimum absolute atomic E-state index is 0.104. The Bertz CT molecular complexity index is 891. The number of halogens is 3. The molecule has 0 aliphatic heterocycles. The number of carbonyl (C=O) groups is 2. The maximum absolute atomic E-state index is 13.1. The van der Waals surface area contributed by atoms with Crippen molar-refractivity contribution >= 4 is 58.4 Å². The lowest BCUT2D eigenvalue weighted by molar-refractivity contribution is -0.138. The van der Waals surface area contributed by atoms with Crippen molar-refractivity contribution in [1.82, 2.24) is 10.2 Å². The average molecular weight is 502 g/mol. The number of thioether (sulfide) groups is 1. The molecule has 2 aromatic rings. The standard InChI is InChI=1S/C23H27Cl3N2O2S/c1-15(2)11-27-23(30)16(3)28(12-17-4-7-19(24)8-5-17)22(29)14-31-13-18-6-9-20(25)21(26)10-18/h4-10,15-16H,11-14H2,1-3H3,(H,27,30)/t16-/m0/s1. The van der Waals surface area contributed by atoms with Crippen LogP contribution in [0.3, 0.4) is 0 Å². The van der Waals surface area contributed by atoms with E-state index in [0.29, 0.717) is 39.8 Å². The Morgan fingerprint density at radius 2 is 1.61 bits per heavy atom. The van der Waals surface area contributed by atoms with Gasteiger partial charge in [-0.25, -0.2) is 0 Å². The summed E-state index contributed by atoms with van der Waals surface area (Å²) in [6.07, 6.45) is 0. The molecular weight excluding hydrogens is 475 g/mol. The number of hydrogen-bond donors (Lipinski definition) is 1. The third-order valence-electron chi connectivity index (χ3n) is 4.60. The van der Waals surface area contributed by atoms with Gasteiger partial charge < -0.3 is 10.2 Å². The van der Waals surface area contributed by atoms with Crippen molar-refractivity contribution in [3.8, 4) is 0 Å². The van der Waals surface area contributed by atoms with Crippen molar-refractivity contribution in [2.75, 3.05) is 12.3 Å². The van der Waals surface area contributed by atoms with Crippen molar-refractivity contribution in [1.29, 1.82) is 0 Å². The Kier molecular flexibility index (Phi) is 10.5. The molecule has 1 N–H and O–H groups in total. The van der Waals surface area contributed by atoms with Crippen LogP contribution >= 0.6 is 46.6 Å². The number of hydrogen-bond acceptors (Lipinski definition) is 3. The highest BCUT2D eigenvalue weighted by atomic mass is 35.5. The van der Waals surface area contributed by atoms with E-state index in [1.807, 2.05) is 32.0 Å². The molecule has 2 amide bonds. The lowest BCUT2D eigenvalue weighted by atomic mass is 10.1. The molecule has 0 aliphatic rings. The van der Waals surface area contributed by atoms with Gasteiger partial charge in [0, 0.05) is 23.9 Å². The van der Waals surface area contributed by atoms with Crippen LogP contribution in [0.1, 0.15) is 31.9 Å². The Morgan fingerprint density at radius 1 is 0.968 bits per heavy atom. The van der Waals surface area contributed by atoms with Crippen molar-refractivity contribution in [2.24, 2.45) is 5.92 Å². The first-order valence-corrected chi connectivity index (χ1v) is 12.3. The SMILES string of the molecule is CC(C)CNC(=O)[C@H](C)N(Cc1ccc(Cl)cc1)C(=O)CSCc1ccc(Cl)c(Cl)c1. The van der Waals surface area contributed by atoms with E-state index in [9.17, 15) is 9.59 Å². The van der Waals surface area contributed by atoms with Crippen molar-refractivity contribution < 1.29 is 9.59 Å². The van der Waals surface area contributed by atoms with E-state index in [1.54, 1.807) is 36.1 Å². The highest BCUT2D eigenvalue weighted by Gasteiger charge is 2.26. The third-order valence-corrected chi connectivity index (χ3v) is 6.58. The zero-order valence-corrected chi connectivity index (χ0v) is 20.9. The van der Waals surface area contributed by atoms with Crippen LogP contribution in [0, 0.1) is 5.92 Å². The van der Waals surface area contributed by atoms with E-state index in [2.05, 4.69) is 5.32 Å². The largest absolute Gasteiger partial charge is 0.354 e. The van der Waals surface area contributed by atoms with E-state index in [-0.39, 0.29) is 17.6 Å². The molecule has 0 aliphatic carbocycles. The summed E-state index contributed by atoms with van der Waals surface area (Å²) in [7, 11) is 0. The number of nitrogens with one attached hydrogen (secondary N) is 1. The Morgan fingerprint density at radius 3 is 2.23 bits per heavy atom. The van der Waals surface area contributed by atoms with Crippen LogP contribution in [0.5, 0.6) is 0 Å². The quantitative estimate of drug-likeness (QED) is 0.430. The summed E-state index contributed by atoms with van der Waals surface area (Å²) in [6.45, 7) is 6.72. The number of amides is 2. The van der Waals surface area contributed by atoms with Crippen molar-refractivity contribution in [3.05, 3.63) is 68.7 Å². The summed E-state index contributed by atoms with van der Waals surface area (Å²) in [5, 5.41) is 4.54. The molecule has 0 spiro atoms. The van der Waals surface area contributed by atoms with Gasteiger partial charge in [-0.3, -0.25) is 9.59 Å². The second kappa shape index (κ2) is 12.6. The fourth-order valence-electron chi connectivity index (χ4n) is 2.79.